The zero-order valence-corrected chi connectivity index (χ0v) is 13.0. The van der Waals surface area contributed by atoms with Gasteiger partial charge in [-0.15, -0.1) is 0 Å². The normalized spacial score (nSPS) is 12.6. The zero-order valence-electron chi connectivity index (χ0n) is 12.2. The van der Waals surface area contributed by atoms with Crippen molar-refractivity contribution in [3.8, 4) is 0 Å². The van der Waals surface area contributed by atoms with E-state index in [1.54, 1.807) is 18.2 Å². The van der Waals surface area contributed by atoms with E-state index in [-0.39, 0.29) is 5.41 Å². The van der Waals surface area contributed by atoms with Crippen LogP contribution in [-0.2, 0) is 16.6 Å². The van der Waals surface area contributed by atoms with Crippen molar-refractivity contribution in [2.75, 3.05) is 13.1 Å². The maximum Gasteiger partial charge on any atom is 0.240 e. The fourth-order valence-electron chi connectivity index (χ4n) is 1.49. The molecule has 19 heavy (non-hydrogen) atoms. The van der Waals surface area contributed by atoms with E-state index in [0.717, 1.165) is 12.1 Å². The van der Waals surface area contributed by atoms with E-state index in [0.29, 0.717) is 18.0 Å². The Morgan fingerprint density at radius 2 is 1.89 bits per heavy atom. The van der Waals surface area contributed by atoms with Crippen LogP contribution < -0.4 is 10.0 Å². The molecule has 4 nitrogen and oxygen atoms in total. The summed E-state index contributed by atoms with van der Waals surface area (Å²) in [6.07, 6.45) is 0. The molecule has 1 aromatic carbocycles. The van der Waals surface area contributed by atoms with Crippen molar-refractivity contribution in [3.63, 3.8) is 0 Å². The molecule has 0 heterocycles. The summed E-state index contributed by atoms with van der Waals surface area (Å²) in [6.45, 7) is 9.97. The van der Waals surface area contributed by atoms with Crippen LogP contribution >= 0.6 is 0 Å². The summed E-state index contributed by atoms with van der Waals surface area (Å²) in [5.41, 5.74) is 0.898. The van der Waals surface area contributed by atoms with Crippen molar-refractivity contribution in [2.24, 2.45) is 5.41 Å². The maximum absolute atomic E-state index is 12.2. The van der Waals surface area contributed by atoms with Gasteiger partial charge in [0.2, 0.25) is 10.0 Å². The summed E-state index contributed by atoms with van der Waals surface area (Å²) in [5.74, 6) is 0. The molecule has 108 valence electrons. The Morgan fingerprint density at radius 3 is 2.47 bits per heavy atom. The molecule has 2 N–H and O–H groups in total. The molecule has 0 spiro atoms. The molecule has 0 saturated carbocycles. The van der Waals surface area contributed by atoms with Gasteiger partial charge in [0, 0.05) is 13.1 Å². The van der Waals surface area contributed by atoms with E-state index in [1.807, 2.05) is 33.8 Å². The molecule has 0 atom stereocenters. The number of benzene rings is 1. The van der Waals surface area contributed by atoms with Crippen LogP contribution in [0.5, 0.6) is 0 Å². The predicted molar refractivity (Wildman–Crippen MR) is 78.5 cm³/mol. The Kier molecular flexibility index (Phi) is 5.52. The molecular formula is C14H24N2O2S. The smallest absolute Gasteiger partial charge is 0.240 e. The lowest BCUT2D eigenvalue weighted by Gasteiger charge is -2.19. The molecule has 5 heteroatoms. The van der Waals surface area contributed by atoms with Gasteiger partial charge in [0.25, 0.3) is 0 Å². The van der Waals surface area contributed by atoms with Gasteiger partial charge in [0.15, 0.2) is 0 Å². The number of sulfonamides is 1. The third kappa shape index (κ3) is 5.72. The third-order valence-electron chi connectivity index (χ3n) is 2.58. The van der Waals surface area contributed by atoms with Crippen LogP contribution in [0.2, 0.25) is 0 Å². The summed E-state index contributed by atoms with van der Waals surface area (Å²) in [4.78, 5) is 0.326. The van der Waals surface area contributed by atoms with Gasteiger partial charge in [-0.05, 0) is 29.7 Å². The largest absolute Gasteiger partial charge is 0.313 e. The first kappa shape index (κ1) is 16.1. The van der Waals surface area contributed by atoms with Gasteiger partial charge in [-0.1, -0.05) is 39.8 Å². The van der Waals surface area contributed by atoms with Crippen LogP contribution in [0.25, 0.3) is 0 Å². The van der Waals surface area contributed by atoms with Crippen LogP contribution in [0.1, 0.15) is 33.3 Å². The summed E-state index contributed by atoms with van der Waals surface area (Å²) >= 11 is 0. The van der Waals surface area contributed by atoms with Crippen LogP contribution in [0.4, 0.5) is 0 Å². The highest BCUT2D eigenvalue weighted by molar-refractivity contribution is 7.89. The quantitative estimate of drug-likeness (QED) is 0.841. The van der Waals surface area contributed by atoms with Gasteiger partial charge in [-0.2, -0.15) is 0 Å². The Bertz CT molecular complexity index is 504. The minimum atomic E-state index is -3.42. The van der Waals surface area contributed by atoms with Crippen LogP contribution in [0, 0.1) is 5.41 Å². The molecule has 0 fully saturated rings. The third-order valence-corrected chi connectivity index (χ3v) is 3.98. The van der Waals surface area contributed by atoms with Crippen molar-refractivity contribution in [1.29, 1.82) is 0 Å². The van der Waals surface area contributed by atoms with E-state index >= 15 is 0 Å². The summed E-state index contributed by atoms with van der Waals surface area (Å²) < 4.78 is 27.0. The van der Waals surface area contributed by atoms with Gasteiger partial charge < -0.3 is 5.32 Å². The lowest BCUT2D eigenvalue weighted by atomic mass is 9.98. The Hall–Kier alpha value is -0.910. The molecule has 0 aromatic heterocycles. The molecule has 0 aliphatic carbocycles. The van der Waals surface area contributed by atoms with E-state index in [4.69, 9.17) is 0 Å². The predicted octanol–water partition coefficient (Wildman–Crippen LogP) is 2.12. The fraction of sp³-hybridized carbons (Fsp3) is 0.571. The molecule has 0 bridgehead atoms. The fourth-order valence-corrected chi connectivity index (χ4v) is 2.84. The molecule has 0 unspecified atom stereocenters. The lowest BCUT2D eigenvalue weighted by molar-refractivity contribution is 0.407. The van der Waals surface area contributed by atoms with Gasteiger partial charge in [0.1, 0.15) is 0 Å². The minimum absolute atomic E-state index is 0.0750. The first-order valence-corrected chi connectivity index (χ1v) is 8.02. The second-order valence-electron chi connectivity index (χ2n) is 5.81. The first-order valence-electron chi connectivity index (χ1n) is 6.54. The van der Waals surface area contributed by atoms with Gasteiger partial charge in [-0.3, -0.25) is 0 Å². The Balaban J connectivity index is 2.83. The molecule has 1 rings (SSSR count). The molecule has 0 saturated heterocycles. The summed E-state index contributed by atoms with van der Waals surface area (Å²) in [7, 11) is -3.42. The Morgan fingerprint density at radius 1 is 1.21 bits per heavy atom. The molecular weight excluding hydrogens is 260 g/mol. The van der Waals surface area contributed by atoms with E-state index in [2.05, 4.69) is 10.0 Å². The van der Waals surface area contributed by atoms with Crippen molar-refractivity contribution in [2.45, 2.75) is 39.1 Å². The molecule has 0 amide bonds. The second kappa shape index (κ2) is 6.50. The van der Waals surface area contributed by atoms with Crippen molar-refractivity contribution in [1.82, 2.24) is 10.0 Å². The van der Waals surface area contributed by atoms with E-state index in [1.165, 1.54) is 0 Å². The van der Waals surface area contributed by atoms with Crippen LogP contribution in [0.3, 0.4) is 0 Å². The molecule has 1 aromatic rings. The maximum atomic E-state index is 12.2. The standard InChI is InChI=1S/C14H24N2O2S/c1-5-15-10-12-7-6-8-13(9-12)19(17,18)16-11-14(2,3)4/h6-9,15-16H,5,10-11H2,1-4H3. The lowest BCUT2D eigenvalue weighted by Crippen LogP contribution is -2.32. The monoisotopic (exact) mass is 284 g/mol. The first-order chi connectivity index (χ1) is 8.74. The number of hydrogen-bond donors (Lipinski definition) is 2. The minimum Gasteiger partial charge on any atom is -0.313 e. The molecule has 0 aliphatic heterocycles. The number of rotatable bonds is 6. The Labute approximate surface area is 116 Å². The van der Waals surface area contributed by atoms with Gasteiger partial charge >= 0.3 is 0 Å². The van der Waals surface area contributed by atoms with Crippen LogP contribution in [-0.4, -0.2) is 21.5 Å². The molecule has 0 radical (unpaired) electrons. The SMILES string of the molecule is CCNCc1cccc(S(=O)(=O)NCC(C)(C)C)c1. The van der Waals surface area contributed by atoms with E-state index < -0.39 is 10.0 Å². The van der Waals surface area contributed by atoms with Crippen molar-refractivity contribution < 1.29 is 8.42 Å². The van der Waals surface area contributed by atoms with Gasteiger partial charge in [0.05, 0.1) is 4.90 Å². The second-order valence-corrected chi connectivity index (χ2v) is 7.58. The van der Waals surface area contributed by atoms with Crippen molar-refractivity contribution in [3.05, 3.63) is 29.8 Å². The van der Waals surface area contributed by atoms with Gasteiger partial charge in [-0.25, -0.2) is 13.1 Å². The summed E-state index contributed by atoms with van der Waals surface area (Å²) in [6, 6.07) is 7.04. The van der Waals surface area contributed by atoms with Crippen LogP contribution in [0.15, 0.2) is 29.2 Å². The van der Waals surface area contributed by atoms with Crippen molar-refractivity contribution >= 4 is 10.0 Å². The van der Waals surface area contributed by atoms with E-state index in [9.17, 15) is 8.42 Å². The highest BCUT2D eigenvalue weighted by Gasteiger charge is 2.18. The highest BCUT2D eigenvalue weighted by Crippen LogP contribution is 2.15. The number of hydrogen-bond acceptors (Lipinski definition) is 3. The summed E-state index contributed by atoms with van der Waals surface area (Å²) in [5, 5.41) is 3.18. The average Bonchev–Trinajstić information content (AvgIpc) is 2.34. The highest BCUT2D eigenvalue weighted by atomic mass is 32.2. The zero-order chi connectivity index (χ0) is 14.5. The molecule has 0 aliphatic rings. The topological polar surface area (TPSA) is 58.2 Å². The number of nitrogens with one attached hydrogen (secondary N) is 2. The average molecular weight is 284 g/mol.